The Morgan fingerprint density at radius 3 is 3.21 bits per heavy atom. The molecule has 0 aromatic carbocycles. The number of aromatic nitrogens is 2. The van der Waals surface area contributed by atoms with Gasteiger partial charge >= 0.3 is 0 Å². The highest BCUT2D eigenvalue weighted by Crippen LogP contribution is 2.10. The Bertz CT molecular complexity index is 353. The third-order valence-electron chi connectivity index (χ3n) is 2.21. The largest absolute Gasteiger partial charge is 0.472 e. The maximum atomic E-state index is 4.98. The first-order valence-corrected chi connectivity index (χ1v) is 4.59. The summed E-state index contributed by atoms with van der Waals surface area (Å²) < 4.78 is 4.98. The summed E-state index contributed by atoms with van der Waals surface area (Å²) in [4.78, 5) is 0. The van der Waals surface area contributed by atoms with E-state index in [1.807, 2.05) is 18.5 Å². The molecule has 0 saturated heterocycles. The summed E-state index contributed by atoms with van der Waals surface area (Å²) in [7, 11) is 0. The van der Waals surface area contributed by atoms with E-state index in [0.29, 0.717) is 6.04 Å². The van der Waals surface area contributed by atoms with Gasteiger partial charge in [0.25, 0.3) is 0 Å². The predicted octanol–water partition coefficient (Wildman–Crippen LogP) is 1.85. The van der Waals surface area contributed by atoms with Crippen LogP contribution in [-0.4, -0.2) is 10.2 Å². The molecule has 0 fully saturated rings. The molecule has 2 N–H and O–H groups in total. The van der Waals surface area contributed by atoms with E-state index in [2.05, 4.69) is 22.4 Å². The number of furan rings is 1. The Kier molecular flexibility index (Phi) is 2.65. The predicted molar refractivity (Wildman–Crippen MR) is 52.6 cm³/mol. The number of rotatable bonds is 4. The van der Waals surface area contributed by atoms with Crippen LogP contribution in [0.1, 0.15) is 24.1 Å². The smallest absolute Gasteiger partial charge is 0.0947 e. The van der Waals surface area contributed by atoms with Crippen molar-refractivity contribution in [1.82, 2.24) is 15.5 Å². The van der Waals surface area contributed by atoms with Crippen molar-refractivity contribution in [2.45, 2.75) is 19.5 Å². The minimum Gasteiger partial charge on any atom is -0.472 e. The fourth-order valence-electron chi connectivity index (χ4n) is 1.28. The number of hydrogen-bond acceptors (Lipinski definition) is 3. The number of nitrogens with one attached hydrogen (secondary N) is 2. The average molecular weight is 191 g/mol. The molecule has 0 spiro atoms. The van der Waals surface area contributed by atoms with Crippen molar-refractivity contribution in [2.24, 2.45) is 0 Å². The molecule has 1 unspecified atom stereocenters. The van der Waals surface area contributed by atoms with Crippen LogP contribution in [0.4, 0.5) is 0 Å². The molecule has 0 aliphatic carbocycles. The lowest BCUT2D eigenvalue weighted by Crippen LogP contribution is -2.17. The molecular weight excluding hydrogens is 178 g/mol. The topological polar surface area (TPSA) is 53.9 Å². The number of aromatic amines is 1. The van der Waals surface area contributed by atoms with Gasteiger partial charge in [-0.1, -0.05) is 0 Å². The van der Waals surface area contributed by atoms with Crippen molar-refractivity contribution < 1.29 is 4.42 Å². The maximum Gasteiger partial charge on any atom is 0.0947 e. The quantitative estimate of drug-likeness (QED) is 0.775. The summed E-state index contributed by atoms with van der Waals surface area (Å²) in [5.74, 6) is 0. The molecule has 2 aromatic rings. The molecule has 14 heavy (non-hydrogen) atoms. The molecule has 4 heteroatoms. The molecular formula is C10H13N3O. The van der Waals surface area contributed by atoms with Crippen molar-refractivity contribution in [3.8, 4) is 0 Å². The highest BCUT2D eigenvalue weighted by molar-refractivity contribution is 5.10. The highest BCUT2D eigenvalue weighted by Gasteiger charge is 2.05. The Balaban J connectivity index is 1.87. The van der Waals surface area contributed by atoms with Crippen LogP contribution in [0.3, 0.4) is 0 Å². The minimum atomic E-state index is 0.295. The summed E-state index contributed by atoms with van der Waals surface area (Å²) in [6.07, 6.45) is 7.15. The average Bonchev–Trinajstić information content (AvgIpc) is 2.87. The van der Waals surface area contributed by atoms with Crippen molar-refractivity contribution in [3.63, 3.8) is 0 Å². The standard InChI is InChI=1S/C10H13N3O/c1-8(10-5-12-13-6-10)11-4-9-2-3-14-7-9/h2-3,5-8,11H,4H2,1H3,(H,12,13). The van der Waals surface area contributed by atoms with E-state index in [9.17, 15) is 0 Å². The molecule has 0 saturated carbocycles. The number of hydrogen-bond donors (Lipinski definition) is 2. The monoisotopic (exact) mass is 191 g/mol. The first-order chi connectivity index (χ1) is 6.86. The molecule has 74 valence electrons. The molecule has 2 heterocycles. The van der Waals surface area contributed by atoms with Crippen LogP contribution in [0, 0.1) is 0 Å². The molecule has 2 rings (SSSR count). The second-order valence-corrected chi connectivity index (χ2v) is 3.27. The van der Waals surface area contributed by atoms with Crippen LogP contribution in [0.2, 0.25) is 0 Å². The number of nitrogens with zero attached hydrogens (tertiary/aromatic N) is 1. The van der Waals surface area contributed by atoms with E-state index >= 15 is 0 Å². The maximum absolute atomic E-state index is 4.98. The first kappa shape index (κ1) is 9.02. The zero-order valence-electron chi connectivity index (χ0n) is 8.03. The molecule has 0 bridgehead atoms. The van der Waals surface area contributed by atoms with E-state index in [4.69, 9.17) is 4.42 Å². The summed E-state index contributed by atoms with van der Waals surface area (Å²) in [5, 5.41) is 10.1. The lowest BCUT2D eigenvalue weighted by molar-refractivity contribution is 0.547. The van der Waals surface area contributed by atoms with Gasteiger partial charge in [0.1, 0.15) is 0 Å². The van der Waals surface area contributed by atoms with Crippen molar-refractivity contribution in [3.05, 3.63) is 42.1 Å². The molecule has 0 aliphatic heterocycles. The molecule has 1 atom stereocenters. The van der Waals surface area contributed by atoms with Gasteiger partial charge in [0, 0.05) is 29.9 Å². The van der Waals surface area contributed by atoms with Gasteiger partial charge in [0.2, 0.25) is 0 Å². The summed E-state index contributed by atoms with van der Waals surface area (Å²) in [6.45, 7) is 2.91. The number of H-pyrrole nitrogens is 1. The highest BCUT2D eigenvalue weighted by atomic mass is 16.3. The van der Waals surface area contributed by atoms with Crippen molar-refractivity contribution >= 4 is 0 Å². The van der Waals surface area contributed by atoms with E-state index in [-0.39, 0.29) is 0 Å². The molecule has 0 amide bonds. The lowest BCUT2D eigenvalue weighted by atomic mass is 10.2. The SMILES string of the molecule is CC(NCc1ccoc1)c1cn[nH]c1. The second-order valence-electron chi connectivity index (χ2n) is 3.27. The molecule has 0 aliphatic rings. The van der Waals surface area contributed by atoms with Crippen LogP contribution in [0.5, 0.6) is 0 Å². The summed E-state index contributed by atoms with van der Waals surface area (Å²) >= 11 is 0. The van der Waals surface area contributed by atoms with Crippen LogP contribution >= 0.6 is 0 Å². The van der Waals surface area contributed by atoms with Crippen molar-refractivity contribution in [1.29, 1.82) is 0 Å². The van der Waals surface area contributed by atoms with E-state index in [1.54, 1.807) is 12.5 Å². The minimum absolute atomic E-state index is 0.295. The van der Waals surface area contributed by atoms with Crippen molar-refractivity contribution in [2.75, 3.05) is 0 Å². The van der Waals surface area contributed by atoms with Gasteiger partial charge in [-0.15, -0.1) is 0 Å². The summed E-state index contributed by atoms with van der Waals surface area (Å²) in [6, 6.07) is 2.25. The van der Waals surface area contributed by atoms with Gasteiger partial charge in [0.15, 0.2) is 0 Å². The Morgan fingerprint density at radius 1 is 1.64 bits per heavy atom. The fraction of sp³-hybridized carbons (Fsp3) is 0.300. The van der Waals surface area contributed by atoms with E-state index in [1.165, 1.54) is 0 Å². The van der Waals surface area contributed by atoms with Gasteiger partial charge in [0.05, 0.1) is 18.7 Å². The lowest BCUT2D eigenvalue weighted by Gasteiger charge is -2.10. The Hall–Kier alpha value is -1.55. The molecule has 0 radical (unpaired) electrons. The first-order valence-electron chi connectivity index (χ1n) is 4.59. The van der Waals surface area contributed by atoms with Crippen LogP contribution in [0.25, 0.3) is 0 Å². The van der Waals surface area contributed by atoms with Gasteiger partial charge in [-0.05, 0) is 13.0 Å². The fourth-order valence-corrected chi connectivity index (χ4v) is 1.28. The molecule has 2 aromatic heterocycles. The van der Waals surface area contributed by atoms with Gasteiger partial charge in [-0.25, -0.2) is 0 Å². The Labute approximate surface area is 82.3 Å². The third-order valence-corrected chi connectivity index (χ3v) is 2.21. The van der Waals surface area contributed by atoms with Gasteiger partial charge in [-0.3, -0.25) is 5.10 Å². The third kappa shape index (κ3) is 2.03. The second kappa shape index (κ2) is 4.11. The molecule has 4 nitrogen and oxygen atoms in total. The summed E-state index contributed by atoms with van der Waals surface area (Å²) in [5.41, 5.74) is 2.31. The van der Waals surface area contributed by atoms with Gasteiger partial charge < -0.3 is 9.73 Å². The van der Waals surface area contributed by atoms with E-state index in [0.717, 1.165) is 17.7 Å². The van der Waals surface area contributed by atoms with Crippen LogP contribution in [0.15, 0.2) is 35.4 Å². The zero-order valence-corrected chi connectivity index (χ0v) is 8.03. The Morgan fingerprint density at radius 2 is 2.57 bits per heavy atom. The van der Waals surface area contributed by atoms with Crippen LogP contribution < -0.4 is 5.32 Å². The van der Waals surface area contributed by atoms with Gasteiger partial charge in [-0.2, -0.15) is 5.10 Å². The zero-order chi connectivity index (χ0) is 9.80. The van der Waals surface area contributed by atoms with E-state index < -0.39 is 0 Å². The normalized spacial score (nSPS) is 12.9. The van der Waals surface area contributed by atoms with Crippen LogP contribution in [-0.2, 0) is 6.54 Å².